The molecular weight excluding hydrogens is 503 g/mol. The second-order valence-electron chi connectivity index (χ2n) is 7.30. The van der Waals surface area contributed by atoms with Gasteiger partial charge in [0.15, 0.2) is 17.9 Å². The quantitative estimate of drug-likeness (QED) is 0.178. The summed E-state index contributed by atoms with van der Waals surface area (Å²) >= 11 is 0. The fourth-order valence-corrected chi connectivity index (χ4v) is 5.60. The van der Waals surface area contributed by atoms with Crippen LogP contribution in [0.25, 0.3) is 0 Å². The van der Waals surface area contributed by atoms with Crippen molar-refractivity contribution >= 4 is 15.2 Å². The Hall–Kier alpha value is -2.19. The Balaban J connectivity index is 1.71. The number of aromatic nitrogens is 2. The summed E-state index contributed by atoms with van der Waals surface area (Å²) in [7, 11) is -9.64. The lowest BCUT2D eigenvalue weighted by Crippen LogP contribution is -2.39. The lowest BCUT2D eigenvalue weighted by Gasteiger charge is -2.18. The molecule has 1 saturated heterocycles. The summed E-state index contributed by atoms with van der Waals surface area (Å²) in [5.74, 6) is -2.52. The standard InChI is InChI=1S/C17H22FN3O11P2/c18-11-6-21(17(24)19-15(11)20-30-7-10-4-2-1-3-5-10)16-14(23)13(22)12(32-16)8-31-34(28,29)9-33(25,26)27/h1-6,12-14,16,22-23H,7-9H2,(H,28,29)(H,19,20,24)(H2,25,26,27)/t12-,13?,14?,16-/m1/s1. The Morgan fingerprint density at radius 2 is 1.82 bits per heavy atom. The smallest absolute Gasteiger partial charge is 0.340 e. The molecule has 5 atom stereocenters. The Labute approximate surface area is 190 Å². The van der Waals surface area contributed by atoms with E-state index in [1.807, 2.05) is 0 Å². The summed E-state index contributed by atoms with van der Waals surface area (Å²) in [4.78, 5) is 46.6. The molecule has 17 heteroatoms. The molecule has 1 aliphatic rings. The van der Waals surface area contributed by atoms with E-state index in [4.69, 9.17) is 19.4 Å². The molecular formula is C17H22FN3O11P2. The van der Waals surface area contributed by atoms with Gasteiger partial charge in [0, 0.05) is 0 Å². The number of hydrogen-bond acceptors (Lipinski definition) is 9. The van der Waals surface area contributed by atoms with Crippen molar-refractivity contribution < 1.29 is 52.5 Å². The van der Waals surface area contributed by atoms with Crippen LogP contribution in [0.4, 0.5) is 4.39 Å². The molecule has 3 unspecified atom stereocenters. The number of hydrogen-bond donors (Lipinski definition) is 6. The molecule has 1 aromatic carbocycles. The predicted octanol–water partition coefficient (Wildman–Crippen LogP) is -0.696. The highest BCUT2D eigenvalue weighted by atomic mass is 31.2. The number of ether oxygens (including phenoxy) is 1. The van der Waals surface area contributed by atoms with E-state index in [1.165, 1.54) is 0 Å². The maximum atomic E-state index is 14.5. The molecule has 0 saturated carbocycles. The highest BCUT2D eigenvalue weighted by Crippen LogP contribution is 2.55. The molecule has 3 rings (SSSR count). The van der Waals surface area contributed by atoms with Crippen LogP contribution in [0, 0.1) is 5.82 Å². The minimum Gasteiger partial charge on any atom is -0.389 e. The van der Waals surface area contributed by atoms with Crippen molar-refractivity contribution in [3.63, 3.8) is 0 Å². The van der Waals surface area contributed by atoms with Crippen LogP contribution >= 0.6 is 15.2 Å². The zero-order chi connectivity index (χ0) is 25.1. The first kappa shape index (κ1) is 26.4. The van der Waals surface area contributed by atoms with Crippen LogP contribution in [-0.2, 0) is 29.8 Å². The molecule has 2 heterocycles. The van der Waals surface area contributed by atoms with Crippen LogP contribution in [0.15, 0.2) is 46.5 Å². The van der Waals surface area contributed by atoms with E-state index >= 15 is 0 Å². The van der Waals surface area contributed by atoms with Crippen molar-refractivity contribution in [1.82, 2.24) is 9.55 Å². The first-order valence-corrected chi connectivity index (χ1v) is 13.2. The highest BCUT2D eigenvalue weighted by Gasteiger charge is 2.45. The van der Waals surface area contributed by atoms with Crippen molar-refractivity contribution in [1.29, 1.82) is 0 Å². The largest absolute Gasteiger partial charge is 0.389 e. The van der Waals surface area contributed by atoms with Crippen molar-refractivity contribution in [3.05, 3.63) is 63.9 Å². The Morgan fingerprint density at radius 3 is 2.47 bits per heavy atom. The van der Waals surface area contributed by atoms with E-state index in [-0.39, 0.29) is 6.61 Å². The van der Waals surface area contributed by atoms with Crippen LogP contribution < -0.4 is 11.2 Å². The normalized spacial score (nSPS) is 25.3. The van der Waals surface area contributed by atoms with Gasteiger partial charge in [0.25, 0.3) is 0 Å². The predicted molar refractivity (Wildman–Crippen MR) is 110 cm³/mol. The fourth-order valence-electron chi connectivity index (χ4n) is 3.03. The minimum absolute atomic E-state index is 0.00621. The fraction of sp³-hybridized carbons (Fsp3) is 0.412. The number of nitrogens with one attached hydrogen (secondary N) is 1. The summed E-state index contributed by atoms with van der Waals surface area (Å²) in [6.07, 6.45) is -5.98. The maximum absolute atomic E-state index is 14.5. The Bertz CT molecular complexity index is 1220. The van der Waals surface area contributed by atoms with E-state index in [2.05, 4.69) is 14.7 Å². The third-order valence-electron chi connectivity index (χ3n) is 4.58. The summed E-state index contributed by atoms with van der Waals surface area (Å²) in [6.45, 7) is -0.851. The number of H-pyrrole nitrogens is 1. The number of aliphatic hydroxyl groups is 2. The Kier molecular flexibility index (Phi) is 8.24. The summed E-state index contributed by atoms with van der Waals surface area (Å²) in [5.41, 5.74) is -0.780. The lowest BCUT2D eigenvalue weighted by molar-refractivity contribution is -0.0529. The molecule has 0 spiro atoms. The summed E-state index contributed by atoms with van der Waals surface area (Å²) < 4.78 is 47.5. The molecule has 0 radical (unpaired) electrons. The van der Waals surface area contributed by atoms with Crippen molar-refractivity contribution in [3.8, 4) is 0 Å². The summed E-state index contributed by atoms with van der Waals surface area (Å²) in [5, 5.41) is 23.9. The van der Waals surface area contributed by atoms with Crippen LogP contribution in [0.5, 0.6) is 0 Å². The monoisotopic (exact) mass is 525 g/mol. The first-order valence-electron chi connectivity index (χ1n) is 9.60. The summed E-state index contributed by atoms with van der Waals surface area (Å²) in [6, 6.07) is 8.83. The number of aliphatic hydroxyl groups excluding tert-OH is 2. The minimum atomic E-state index is -4.88. The van der Waals surface area contributed by atoms with Gasteiger partial charge in [-0.2, -0.15) is 0 Å². The molecule has 2 aromatic rings. The van der Waals surface area contributed by atoms with Gasteiger partial charge >= 0.3 is 20.9 Å². The second kappa shape index (κ2) is 10.6. The number of halogens is 1. The van der Waals surface area contributed by atoms with E-state index in [0.717, 1.165) is 5.56 Å². The lowest BCUT2D eigenvalue weighted by atomic mass is 10.1. The molecule has 14 nitrogen and oxygen atoms in total. The van der Waals surface area contributed by atoms with Crippen molar-refractivity contribution in [2.45, 2.75) is 31.1 Å². The van der Waals surface area contributed by atoms with Crippen LogP contribution in [0.1, 0.15) is 11.8 Å². The molecule has 1 aliphatic heterocycles. The average Bonchev–Trinajstić information content (AvgIpc) is 3.02. The van der Waals surface area contributed by atoms with Crippen molar-refractivity contribution in [2.24, 2.45) is 5.16 Å². The zero-order valence-electron chi connectivity index (χ0n) is 17.2. The van der Waals surface area contributed by atoms with Gasteiger partial charge in [-0.25, -0.2) is 9.18 Å². The molecule has 34 heavy (non-hydrogen) atoms. The van der Waals surface area contributed by atoms with E-state index < -0.39 is 69.2 Å². The number of rotatable bonds is 9. The van der Waals surface area contributed by atoms with Gasteiger partial charge in [-0.15, -0.1) is 0 Å². The van der Waals surface area contributed by atoms with Crippen LogP contribution in [0.3, 0.4) is 0 Å². The third-order valence-corrected chi connectivity index (χ3v) is 8.04. The van der Waals surface area contributed by atoms with Gasteiger partial charge in [-0.05, 0) is 5.56 Å². The van der Waals surface area contributed by atoms with E-state index in [9.17, 15) is 33.4 Å². The number of benzene rings is 1. The molecule has 0 bridgehead atoms. The molecule has 1 aromatic heterocycles. The average molecular weight is 525 g/mol. The highest BCUT2D eigenvalue weighted by molar-refractivity contribution is 7.70. The van der Waals surface area contributed by atoms with E-state index in [1.54, 1.807) is 30.3 Å². The van der Waals surface area contributed by atoms with Crippen LogP contribution in [-0.4, -0.2) is 65.3 Å². The topological polar surface area (TPSA) is 213 Å². The molecule has 6 N–H and O–H groups in total. The SMILES string of the molecule is O=c1[nH]/c(=N\OCc2ccccc2)c(F)cn1[C@@H]1O[C@H](COP(=O)(O)CP(=O)(O)O)C(O)C1O. The zero-order valence-corrected chi connectivity index (χ0v) is 19.0. The van der Waals surface area contributed by atoms with Gasteiger partial charge in [-0.1, -0.05) is 35.5 Å². The molecule has 188 valence electrons. The number of aromatic amines is 1. The maximum Gasteiger partial charge on any atom is 0.340 e. The van der Waals surface area contributed by atoms with Gasteiger partial charge in [0.2, 0.25) is 5.49 Å². The second-order valence-corrected chi connectivity index (χ2v) is 11.3. The van der Waals surface area contributed by atoms with Gasteiger partial charge in [-0.3, -0.25) is 18.7 Å². The first-order chi connectivity index (χ1) is 15.9. The molecule has 1 fully saturated rings. The molecule has 0 amide bonds. The molecule has 0 aliphatic carbocycles. The van der Waals surface area contributed by atoms with Crippen molar-refractivity contribution in [2.75, 3.05) is 12.5 Å². The van der Waals surface area contributed by atoms with Gasteiger partial charge in [0.1, 0.15) is 24.9 Å². The van der Waals surface area contributed by atoms with E-state index in [0.29, 0.717) is 10.8 Å². The van der Waals surface area contributed by atoms with Crippen LogP contribution in [0.2, 0.25) is 0 Å². The Morgan fingerprint density at radius 1 is 1.15 bits per heavy atom. The third kappa shape index (κ3) is 6.92. The van der Waals surface area contributed by atoms with Gasteiger partial charge in [0.05, 0.1) is 12.8 Å². The number of nitrogens with zero attached hydrogens (tertiary/aromatic N) is 2. The van der Waals surface area contributed by atoms with Gasteiger partial charge < -0.3 is 39.0 Å².